The number of amides is 1. The number of hydrogen-bond donors (Lipinski definition) is 1. The van der Waals surface area contributed by atoms with E-state index in [0.717, 1.165) is 56.1 Å². The van der Waals surface area contributed by atoms with Crippen LogP contribution in [0.3, 0.4) is 0 Å². The Bertz CT molecular complexity index is 816. The van der Waals surface area contributed by atoms with Crippen molar-refractivity contribution in [3.05, 3.63) is 42.7 Å². The van der Waals surface area contributed by atoms with Crippen LogP contribution in [0.5, 0.6) is 0 Å². The molecule has 2 aromatic heterocycles. The number of hydrogen-bond acceptors (Lipinski definition) is 5. The number of rotatable bonds is 6. The molecule has 4 rings (SSSR count). The molecule has 0 unspecified atom stereocenters. The van der Waals surface area contributed by atoms with Crippen molar-refractivity contribution in [3.63, 3.8) is 0 Å². The molecule has 0 atom stereocenters. The largest absolute Gasteiger partial charge is 0.342 e. The molecule has 1 N–H and O–H groups in total. The fourth-order valence-corrected chi connectivity index (χ4v) is 3.32. The number of carbonyl (C=O) groups is 1. The number of nitrogens with zero attached hydrogens (tertiary/aromatic N) is 6. The summed E-state index contributed by atoms with van der Waals surface area (Å²) < 4.78 is 1.84. The monoisotopic (exact) mass is 353 g/mol. The Morgan fingerprint density at radius 3 is 2.73 bits per heavy atom. The molecule has 3 heterocycles. The van der Waals surface area contributed by atoms with Crippen LogP contribution in [0.25, 0.3) is 11.0 Å². The van der Waals surface area contributed by atoms with E-state index in [1.165, 1.54) is 0 Å². The van der Waals surface area contributed by atoms with E-state index >= 15 is 0 Å². The third-order valence-electron chi connectivity index (χ3n) is 4.85. The standard InChI is InChI=1S/C18H23N7O/c26-18(6-5-17-21-15-3-1-2-4-16(15)22-17)24-10-7-23(8-11-24)9-12-25-14-19-13-20-25/h1-4,13-14H,5-12H2,(H,21,22). The van der Waals surface area contributed by atoms with Gasteiger partial charge in [-0.05, 0) is 12.1 Å². The third-order valence-corrected chi connectivity index (χ3v) is 4.85. The van der Waals surface area contributed by atoms with Gasteiger partial charge in [0, 0.05) is 45.6 Å². The summed E-state index contributed by atoms with van der Waals surface area (Å²) in [7, 11) is 0. The van der Waals surface area contributed by atoms with Crippen LogP contribution in [0.4, 0.5) is 0 Å². The summed E-state index contributed by atoms with van der Waals surface area (Å²) in [6.45, 7) is 5.16. The maximum Gasteiger partial charge on any atom is 0.223 e. The van der Waals surface area contributed by atoms with E-state index < -0.39 is 0 Å². The lowest BCUT2D eigenvalue weighted by Gasteiger charge is -2.34. The number of piperazine rings is 1. The fourth-order valence-electron chi connectivity index (χ4n) is 3.32. The molecule has 1 aliphatic heterocycles. The number of H-pyrrole nitrogens is 1. The summed E-state index contributed by atoms with van der Waals surface area (Å²) >= 11 is 0. The van der Waals surface area contributed by atoms with E-state index in [0.29, 0.717) is 12.8 Å². The van der Waals surface area contributed by atoms with Crippen LogP contribution in [-0.2, 0) is 17.8 Å². The quantitative estimate of drug-likeness (QED) is 0.713. The highest BCUT2D eigenvalue weighted by atomic mass is 16.2. The summed E-state index contributed by atoms with van der Waals surface area (Å²) in [6, 6.07) is 7.94. The molecule has 0 radical (unpaired) electrons. The molecule has 0 spiro atoms. The van der Waals surface area contributed by atoms with E-state index in [4.69, 9.17) is 0 Å². The van der Waals surface area contributed by atoms with Crippen molar-refractivity contribution < 1.29 is 4.79 Å². The van der Waals surface area contributed by atoms with Crippen molar-refractivity contribution >= 4 is 16.9 Å². The van der Waals surface area contributed by atoms with Crippen LogP contribution >= 0.6 is 0 Å². The average Bonchev–Trinajstić information content (AvgIpc) is 3.34. The first kappa shape index (κ1) is 16.7. The number of aromatic nitrogens is 5. The Morgan fingerprint density at radius 1 is 1.12 bits per heavy atom. The number of imidazole rings is 1. The van der Waals surface area contributed by atoms with Crippen LogP contribution in [0.2, 0.25) is 0 Å². The Hall–Kier alpha value is -2.74. The Kier molecular flexibility index (Phi) is 4.92. The van der Waals surface area contributed by atoms with Crippen molar-refractivity contribution in [2.75, 3.05) is 32.7 Å². The van der Waals surface area contributed by atoms with E-state index in [-0.39, 0.29) is 5.91 Å². The number of aromatic amines is 1. The predicted octanol–water partition coefficient (Wildman–Crippen LogP) is 0.931. The SMILES string of the molecule is O=C(CCc1nc2ccccc2[nH]1)N1CCN(CCn2cncn2)CC1. The van der Waals surface area contributed by atoms with E-state index in [2.05, 4.69) is 25.0 Å². The lowest BCUT2D eigenvalue weighted by molar-refractivity contribution is -0.132. The van der Waals surface area contributed by atoms with Gasteiger partial charge in [0.05, 0.1) is 17.6 Å². The summed E-state index contributed by atoms with van der Waals surface area (Å²) in [5, 5.41) is 4.12. The van der Waals surface area contributed by atoms with Crippen LogP contribution in [0.15, 0.2) is 36.9 Å². The first-order valence-corrected chi connectivity index (χ1v) is 9.04. The Morgan fingerprint density at radius 2 is 1.96 bits per heavy atom. The van der Waals surface area contributed by atoms with Crippen LogP contribution < -0.4 is 0 Å². The normalized spacial score (nSPS) is 15.6. The summed E-state index contributed by atoms with van der Waals surface area (Å²) in [5.74, 6) is 1.09. The van der Waals surface area contributed by atoms with Crippen molar-refractivity contribution in [1.29, 1.82) is 0 Å². The molecule has 1 fully saturated rings. The zero-order chi connectivity index (χ0) is 17.8. The van der Waals surface area contributed by atoms with Crippen LogP contribution in [0.1, 0.15) is 12.2 Å². The minimum absolute atomic E-state index is 0.210. The van der Waals surface area contributed by atoms with Crippen molar-refractivity contribution in [2.45, 2.75) is 19.4 Å². The summed E-state index contributed by atoms with van der Waals surface area (Å²) in [5.41, 5.74) is 1.98. The van der Waals surface area contributed by atoms with Crippen LogP contribution in [-0.4, -0.2) is 73.2 Å². The number of para-hydroxylation sites is 2. The molecule has 1 aliphatic rings. The predicted molar refractivity (Wildman–Crippen MR) is 97.5 cm³/mol. The highest BCUT2D eigenvalue weighted by Crippen LogP contribution is 2.12. The fraction of sp³-hybridized carbons (Fsp3) is 0.444. The second-order valence-corrected chi connectivity index (χ2v) is 6.58. The maximum absolute atomic E-state index is 12.5. The number of carbonyl (C=O) groups excluding carboxylic acids is 1. The number of aryl methyl sites for hydroxylation is 1. The molecule has 26 heavy (non-hydrogen) atoms. The first-order chi connectivity index (χ1) is 12.8. The second-order valence-electron chi connectivity index (χ2n) is 6.58. The molecule has 0 bridgehead atoms. The average molecular weight is 353 g/mol. The molecule has 0 aliphatic carbocycles. The van der Waals surface area contributed by atoms with Gasteiger partial charge in [0.2, 0.25) is 5.91 Å². The summed E-state index contributed by atoms with van der Waals surface area (Å²) in [4.78, 5) is 28.6. The molecule has 1 saturated heterocycles. The van der Waals surface area contributed by atoms with Gasteiger partial charge in [-0.1, -0.05) is 12.1 Å². The lowest BCUT2D eigenvalue weighted by atomic mass is 10.2. The van der Waals surface area contributed by atoms with E-state index in [1.54, 1.807) is 12.7 Å². The van der Waals surface area contributed by atoms with E-state index in [1.807, 2.05) is 33.8 Å². The Labute approximate surface area is 151 Å². The van der Waals surface area contributed by atoms with Crippen LogP contribution in [0, 0.1) is 0 Å². The van der Waals surface area contributed by atoms with Gasteiger partial charge in [0.25, 0.3) is 0 Å². The number of nitrogens with one attached hydrogen (secondary N) is 1. The molecule has 0 saturated carbocycles. The van der Waals surface area contributed by atoms with Gasteiger partial charge in [-0.15, -0.1) is 0 Å². The second kappa shape index (κ2) is 7.65. The van der Waals surface area contributed by atoms with Gasteiger partial charge in [-0.25, -0.2) is 9.97 Å². The van der Waals surface area contributed by atoms with Gasteiger partial charge in [0.15, 0.2) is 0 Å². The molecular formula is C18H23N7O. The molecule has 8 heteroatoms. The first-order valence-electron chi connectivity index (χ1n) is 9.04. The minimum atomic E-state index is 0.210. The third kappa shape index (κ3) is 3.91. The van der Waals surface area contributed by atoms with Gasteiger partial charge in [0.1, 0.15) is 18.5 Å². The molecule has 1 amide bonds. The minimum Gasteiger partial charge on any atom is -0.342 e. The zero-order valence-corrected chi connectivity index (χ0v) is 14.7. The Balaban J connectivity index is 1.22. The van der Waals surface area contributed by atoms with Crippen molar-refractivity contribution in [3.8, 4) is 0 Å². The molecule has 136 valence electrons. The maximum atomic E-state index is 12.5. The lowest BCUT2D eigenvalue weighted by Crippen LogP contribution is -2.49. The zero-order valence-electron chi connectivity index (χ0n) is 14.7. The summed E-state index contributed by atoms with van der Waals surface area (Å²) in [6.07, 6.45) is 4.44. The highest BCUT2D eigenvalue weighted by Gasteiger charge is 2.21. The molecule has 3 aromatic rings. The topological polar surface area (TPSA) is 82.9 Å². The smallest absolute Gasteiger partial charge is 0.223 e. The van der Waals surface area contributed by atoms with Gasteiger partial charge < -0.3 is 9.88 Å². The molecule has 8 nitrogen and oxygen atoms in total. The molecule has 1 aromatic carbocycles. The molecular weight excluding hydrogens is 330 g/mol. The van der Waals surface area contributed by atoms with Gasteiger partial charge in [-0.2, -0.15) is 5.10 Å². The van der Waals surface area contributed by atoms with Crippen molar-refractivity contribution in [2.24, 2.45) is 0 Å². The number of fused-ring (bicyclic) bond motifs is 1. The van der Waals surface area contributed by atoms with E-state index in [9.17, 15) is 4.79 Å². The highest BCUT2D eigenvalue weighted by molar-refractivity contribution is 5.77. The van der Waals surface area contributed by atoms with Crippen molar-refractivity contribution in [1.82, 2.24) is 34.5 Å². The number of benzene rings is 1. The van der Waals surface area contributed by atoms with Gasteiger partial charge in [-0.3, -0.25) is 14.4 Å². The van der Waals surface area contributed by atoms with Gasteiger partial charge >= 0.3 is 0 Å².